The highest BCUT2D eigenvalue weighted by Gasteiger charge is 2.27. The van der Waals surface area contributed by atoms with E-state index in [2.05, 4.69) is 10.3 Å². The second-order valence-corrected chi connectivity index (χ2v) is 8.51. The minimum atomic E-state index is -2.63. The first-order valence-electron chi connectivity index (χ1n) is 11.1. The Kier molecular flexibility index (Phi) is 6.77. The summed E-state index contributed by atoms with van der Waals surface area (Å²) in [6.07, 6.45) is -0.597. The smallest absolute Gasteiger partial charge is 0.263 e. The lowest BCUT2D eigenvalue weighted by atomic mass is 9.94. The number of carbonyl (C=O) groups is 1. The van der Waals surface area contributed by atoms with Gasteiger partial charge in [-0.2, -0.15) is 0 Å². The number of amides is 1. The number of H-pyrrole nitrogens is 1. The Morgan fingerprint density at radius 2 is 1.88 bits per heavy atom. The summed E-state index contributed by atoms with van der Waals surface area (Å²) in [5.74, 6) is -0.0336. The molecule has 0 saturated heterocycles. The second kappa shape index (κ2) is 9.73. The van der Waals surface area contributed by atoms with Crippen molar-refractivity contribution in [2.45, 2.75) is 52.1 Å². The van der Waals surface area contributed by atoms with Crippen LogP contribution in [0.1, 0.15) is 69.3 Å². The van der Waals surface area contributed by atoms with Crippen LogP contribution in [0.15, 0.2) is 42.5 Å². The number of ether oxygens (including phenoxy) is 1. The number of aromatic amines is 1. The largest absolute Gasteiger partial charge is 0.440 e. The maximum atomic E-state index is 14.9. The number of fused-ring (bicyclic) bond motifs is 1. The fourth-order valence-electron chi connectivity index (χ4n) is 4.36. The van der Waals surface area contributed by atoms with Gasteiger partial charge in [-0.1, -0.05) is 35.9 Å². The zero-order valence-electron chi connectivity index (χ0n) is 18.7. The Hall–Kier alpha value is -3.22. The van der Waals surface area contributed by atoms with Gasteiger partial charge in [-0.05, 0) is 68.4 Å². The van der Waals surface area contributed by atoms with E-state index in [9.17, 15) is 18.0 Å². The van der Waals surface area contributed by atoms with E-state index in [0.29, 0.717) is 17.5 Å². The predicted octanol–water partition coefficient (Wildman–Crippen LogP) is 6.68. The van der Waals surface area contributed by atoms with Crippen LogP contribution in [0, 0.1) is 13.8 Å². The third-order valence-electron chi connectivity index (χ3n) is 6.02. The molecule has 1 aliphatic carbocycles. The van der Waals surface area contributed by atoms with Gasteiger partial charge in [-0.15, -0.1) is 0 Å². The predicted molar refractivity (Wildman–Crippen MR) is 121 cm³/mol. The Morgan fingerprint density at radius 3 is 2.64 bits per heavy atom. The van der Waals surface area contributed by atoms with Crippen LogP contribution in [0.5, 0.6) is 11.6 Å². The van der Waals surface area contributed by atoms with Crippen LogP contribution >= 0.6 is 0 Å². The SMILES string of the molecule is Cc1ccc(C(F)CNC(=O)c2c(Oc3cccc(C(F)F)c3)[nH]c3c2CCCC3)c(C)c1. The topological polar surface area (TPSA) is 54.1 Å². The highest BCUT2D eigenvalue weighted by Crippen LogP contribution is 2.35. The van der Waals surface area contributed by atoms with E-state index >= 15 is 0 Å². The fourth-order valence-corrected chi connectivity index (χ4v) is 4.36. The van der Waals surface area contributed by atoms with Gasteiger partial charge in [0.15, 0.2) is 0 Å². The Labute approximate surface area is 191 Å². The molecule has 2 N–H and O–H groups in total. The molecule has 1 amide bonds. The minimum Gasteiger partial charge on any atom is -0.440 e. The lowest BCUT2D eigenvalue weighted by Crippen LogP contribution is -2.28. The third kappa shape index (κ3) is 5.07. The average Bonchev–Trinajstić information content (AvgIpc) is 3.15. The van der Waals surface area contributed by atoms with Crippen molar-refractivity contribution in [3.8, 4) is 11.6 Å². The van der Waals surface area contributed by atoms with E-state index in [1.165, 1.54) is 18.2 Å². The standard InChI is InChI=1S/C26H27F3N2O2/c1-15-10-11-19(16(2)12-15)21(27)14-30-25(32)23-20-8-3-4-9-22(20)31-26(23)33-18-7-5-6-17(13-18)24(28)29/h5-7,10-13,21,24,31H,3-4,8-9,14H2,1-2H3,(H,30,32). The number of alkyl halides is 3. The van der Waals surface area contributed by atoms with Crippen molar-refractivity contribution in [1.29, 1.82) is 0 Å². The molecule has 1 heterocycles. The molecule has 1 aliphatic rings. The summed E-state index contributed by atoms with van der Waals surface area (Å²) in [6.45, 7) is 3.61. The van der Waals surface area contributed by atoms with E-state index in [0.717, 1.165) is 41.6 Å². The summed E-state index contributed by atoms with van der Waals surface area (Å²) < 4.78 is 46.9. The number of aryl methyl sites for hydroxylation is 3. The number of halogens is 3. The first-order chi connectivity index (χ1) is 15.8. The van der Waals surface area contributed by atoms with Gasteiger partial charge in [0.25, 0.3) is 12.3 Å². The van der Waals surface area contributed by atoms with Crippen LogP contribution < -0.4 is 10.1 Å². The van der Waals surface area contributed by atoms with Gasteiger partial charge in [0.1, 0.15) is 17.5 Å². The normalized spacial score (nSPS) is 14.1. The average molecular weight is 457 g/mol. The zero-order chi connectivity index (χ0) is 23.5. The second-order valence-electron chi connectivity index (χ2n) is 8.51. The molecular formula is C26H27F3N2O2. The zero-order valence-corrected chi connectivity index (χ0v) is 18.7. The maximum absolute atomic E-state index is 14.9. The van der Waals surface area contributed by atoms with Crippen molar-refractivity contribution in [2.75, 3.05) is 6.54 Å². The molecule has 1 aromatic heterocycles. The highest BCUT2D eigenvalue weighted by atomic mass is 19.3. The first-order valence-corrected chi connectivity index (χ1v) is 11.1. The van der Waals surface area contributed by atoms with Crippen molar-refractivity contribution in [3.05, 3.63) is 81.5 Å². The van der Waals surface area contributed by atoms with Crippen LogP contribution in [-0.2, 0) is 12.8 Å². The molecule has 0 aliphatic heterocycles. The molecule has 0 radical (unpaired) electrons. The summed E-state index contributed by atoms with van der Waals surface area (Å²) >= 11 is 0. The molecule has 0 fully saturated rings. The summed E-state index contributed by atoms with van der Waals surface area (Å²) in [5, 5.41) is 2.70. The third-order valence-corrected chi connectivity index (χ3v) is 6.02. The van der Waals surface area contributed by atoms with E-state index < -0.39 is 18.5 Å². The minimum absolute atomic E-state index is 0.163. The van der Waals surface area contributed by atoms with Crippen molar-refractivity contribution in [3.63, 3.8) is 0 Å². The van der Waals surface area contributed by atoms with Crippen molar-refractivity contribution >= 4 is 5.91 Å². The number of benzene rings is 2. The van der Waals surface area contributed by atoms with Crippen LogP contribution in [0.25, 0.3) is 0 Å². The van der Waals surface area contributed by atoms with Gasteiger partial charge < -0.3 is 15.0 Å². The number of carbonyl (C=O) groups excluding carboxylic acids is 1. The summed E-state index contributed by atoms with van der Waals surface area (Å²) in [7, 11) is 0. The molecule has 4 nitrogen and oxygen atoms in total. The number of rotatable bonds is 7. The summed E-state index contributed by atoms with van der Waals surface area (Å²) in [5.41, 5.74) is 4.32. The van der Waals surface area contributed by atoms with E-state index in [4.69, 9.17) is 4.74 Å². The van der Waals surface area contributed by atoms with E-state index in [-0.39, 0.29) is 23.7 Å². The van der Waals surface area contributed by atoms with Crippen LogP contribution in [0.4, 0.5) is 13.2 Å². The molecule has 4 rings (SSSR count). The van der Waals surface area contributed by atoms with Crippen LogP contribution in [0.3, 0.4) is 0 Å². The van der Waals surface area contributed by atoms with Crippen molar-refractivity contribution in [1.82, 2.24) is 10.3 Å². The van der Waals surface area contributed by atoms with Crippen molar-refractivity contribution < 1.29 is 22.7 Å². The van der Waals surface area contributed by atoms with Crippen LogP contribution in [-0.4, -0.2) is 17.4 Å². The number of aromatic nitrogens is 1. The van der Waals surface area contributed by atoms with Gasteiger partial charge >= 0.3 is 0 Å². The highest BCUT2D eigenvalue weighted by molar-refractivity contribution is 5.98. The molecule has 3 aromatic rings. The molecule has 0 saturated carbocycles. The van der Waals surface area contributed by atoms with Gasteiger partial charge in [0, 0.05) is 11.3 Å². The Bertz CT molecular complexity index is 1160. The van der Waals surface area contributed by atoms with Gasteiger partial charge in [0.2, 0.25) is 5.88 Å². The molecule has 174 valence electrons. The van der Waals surface area contributed by atoms with Gasteiger partial charge in [-0.3, -0.25) is 4.79 Å². The monoisotopic (exact) mass is 456 g/mol. The summed E-state index contributed by atoms with van der Waals surface area (Å²) in [6, 6.07) is 11.1. The molecule has 1 atom stereocenters. The Morgan fingerprint density at radius 1 is 1.09 bits per heavy atom. The fraction of sp³-hybridized carbons (Fsp3) is 0.346. The van der Waals surface area contributed by atoms with Crippen molar-refractivity contribution in [2.24, 2.45) is 0 Å². The van der Waals surface area contributed by atoms with Gasteiger partial charge in [-0.25, -0.2) is 13.2 Å². The van der Waals surface area contributed by atoms with E-state index in [1.807, 2.05) is 26.0 Å². The molecule has 2 aromatic carbocycles. The number of hydrogen-bond acceptors (Lipinski definition) is 2. The molecule has 33 heavy (non-hydrogen) atoms. The lowest BCUT2D eigenvalue weighted by molar-refractivity contribution is 0.0938. The molecule has 7 heteroatoms. The first kappa shape index (κ1) is 23.0. The lowest BCUT2D eigenvalue weighted by Gasteiger charge is -2.15. The molecular weight excluding hydrogens is 429 g/mol. The molecule has 0 bridgehead atoms. The molecule has 1 unspecified atom stereocenters. The number of nitrogens with one attached hydrogen (secondary N) is 2. The molecule has 0 spiro atoms. The van der Waals surface area contributed by atoms with Crippen LogP contribution in [0.2, 0.25) is 0 Å². The Balaban J connectivity index is 1.56. The van der Waals surface area contributed by atoms with Gasteiger partial charge in [0.05, 0.1) is 6.54 Å². The summed E-state index contributed by atoms with van der Waals surface area (Å²) in [4.78, 5) is 16.3. The van der Waals surface area contributed by atoms with E-state index in [1.54, 1.807) is 12.1 Å². The number of hydrogen-bond donors (Lipinski definition) is 2. The quantitative estimate of drug-likeness (QED) is 0.417. The maximum Gasteiger partial charge on any atom is 0.263 e.